The number of nitrogens with one attached hydrogen (secondary N) is 1. The van der Waals surface area contributed by atoms with Crippen LogP contribution >= 0.6 is 0 Å². The van der Waals surface area contributed by atoms with E-state index < -0.39 is 0 Å². The molecule has 3 N–H and O–H groups in total. The number of hydrogen-bond donors (Lipinski definition) is 2. The largest absolute Gasteiger partial charge is 0.493 e. The van der Waals surface area contributed by atoms with Crippen molar-refractivity contribution in [2.75, 3.05) is 25.6 Å². The van der Waals surface area contributed by atoms with Crippen LogP contribution in [0.2, 0.25) is 0 Å². The Bertz CT molecular complexity index is 918. The minimum atomic E-state index is 0.176. The molecule has 0 aliphatic carbocycles. The first kappa shape index (κ1) is 21.6. The lowest BCUT2D eigenvalue weighted by atomic mass is 10.0. The number of methoxy groups -OCH3 is 1. The minimum Gasteiger partial charge on any atom is -0.493 e. The van der Waals surface area contributed by atoms with Crippen LogP contribution in [-0.2, 0) is 0 Å². The molecule has 30 heavy (non-hydrogen) atoms. The van der Waals surface area contributed by atoms with Crippen LogP contribution in [0.25, 0.3) is 11.3 Å². The van der Waals surface area contributed by atoms with E-state index in [9.17, 15) is 0 Å². The fourth-order valence-corrected chi connectivity index (χ4v) is 3.23. The van der Waals surface area contributed by atoms with Gasteiger partial charge in [0.15, 0.2) is 11.5 Å². The van der Waals surface area contributed by atoms with E-state index >= 15 is 0 Å². The van der Waals surface area contributed by atoms with Crippen LogP contribution in [0.15, 0.2) is 60.9 Å². The van der Waals surface area contributed by atoms with Gasteiger partial charge in [-0.25, -0.2) is 4.98 Å². The lowest BCUT2D eigenvalue weighted by Crippen LogP contribution is -2.11. The second kappa shape index (κ2) is 11.2. The van der Waals surface area contributed by atoms with E-state index in [0.717, 1.165) is 42.1 Å². The Kier molecular flexibility index (Phi) is 8.03. The Hall–Kier alpha value is -3.12. The molecule has 0 bridgehead atoms. The first-order valence-corrected chi connectivity index (χ1v) is 10.4. The van der Waals surface area contributed by atoms with Gasteiger partial charge in [0.1, 0.15) is 5.82 Å². The van der Waals surface area contributed by atoms with Crippen molar-refractivity contribution >= 4 is 5.82 Å². The summed E-state index contributed by atoms with van der Waals surface area (Å²) in [7, 11) is 1.64. The number of unbranched alkanes of at least 4 members (excludes halogenated alkanes) is 1. The Balaban J connectivity index is 1.76. The summed E-state index contributed by atoms with van der Waals surface area (Å²) >= 11 is 0. The van der Waals surface area contributed by atoms with Crippen molar-refractivity contribution < 1.29 is 9.47 Å². The third-order valence-electron chi connectivity index (χ3n) is 4.88. The summed E-state index contributed by atoms with van der Waals surface area (Å²) < 4.78 is 11.4. The second-order valence-corrected chi connectivity index (χ2v) is 7.02. The molecule has 0 radical (unpaired) electrons. The van der Waals surface area contributed by atoms with Crippen LogP contribution in [0.3, 0.4) is 0 Å². The molecule has 3 aromatic rings. The molecule has 0 amide bonds. The van der Waals surface area contributed by atoms with Crippen LogP contribution in [0.1, 0.15) is 37.8 Å². The molecule has 1 atom stereocenters. The molecule has 1 heterocycles. The number of hydrogen-bond acceptors (Lipinski definition) is 6. The van der Waals surface area contributed by atoms with Crippen LogP contribution in [0.5, 0.6) is 11.5 Å². The van der Waals surface area contributed by atoms with Crippen LogP contribution in [0.4, 0.5) is 5.82 Å². The summed E-state index contributed by atoms with van der Waals surface area (Å²) in [6.07, 6.45) is 6.31. The van der Waals surface area contributed by atoms with Crippen LogP contribution in [0, 0.1) is 0 Å². The normalized spacial score (nSPS) is 11.7. The van der Waals surface area contributed by atoms with Gasteiger partial charge in [-0.3, -0.25) is 4.98 Å². The average Bonchev–Trinajstić information content (AvgIpc) is 2.81. The molecule has 0 spiro atoms. The second-order valence-electron chi connectivity index (χ2n) is 7.02. The molecule has 1 unspecified atom stereocenters. The van der Waals surface area contributed by atoms with E-state index in [1.807, 2.05) is 36.4 Å². The number of nitrogens with two attached hydrogens (primary N) is 1. The zero-order chi connectivity index (χ0) is 21.2. The summed E-state index contributed by atoms with van der Waals surface area (Å²) in [5.41, 5.74) is 8.46. The van der Waals surface area contributed by atoms with Gasteiger partial charge in [-0.1, -0.05) is 37.3 Å². The third-order valence-corrected chi connectivity index (χ3v) is 4.88. The predicted octanol–water partition coefficient (Wildman–Crippen LogP) is 4.83. The number of benzene rings is 2. The Morgan fingerprint density at radius 2 is 1.87 bits per heavy atom. The molecule has 0 saturated heterocycles. The molecule has 0 saturated carbocycles. The van der Waals surface area contributed by atoms with Gasteiger partial charge in [0, 0.05) is 5.56 Å². The Morgan fingerprint density at radius 3 is 2.60 bits per heavy atom. The highest BCUT2D eigenvalue weighted by Gasteiger charge is 2.12. The maximum atomic E-state index is 5.83. The molecular weight excluding hydrogens is 376 g/mol. The average molecular weight is 407 g/mol. The maximum Gasteiger partial charge on any atom is 0.161 e. The lowest BCUT2D eigenvalue weighted by Gasteiger charge is -2.18. The standard InChI is InChI=1S/C24H30N4O2/c1-3-20(18-9-5-4-6-10-18)27-24-17-26-16-21(28-24)19-11-12-22(23(15-19)29-2)30-14-8-7-13-25/h4-6,9-12,15-17,20H,3,7-8,13-14,25H2,1-2H3,(H,27,28). The van der Waals surface area contributed by atoms with Crippen molar-refractivity contribution in [1.82, 2.24) is 9.97 Å². The Labute approximate surface area is 178 Å². The maximum absolute atomic E-state index is 5.83. The number of ether oxygens (including phenoxy) is 2. The highest BCUT2D eigenvalue weighted by atomic mass is 16.5. The van der Waals surface area contributed by atoms with Crippen molar-refractivity contribution in [1.29, 1.82) is 0 Å². The zero-order valence-corrected chi connectivity index (χ0v) is 17.7. The van der Waals surface area contributed by atoms with Gasteiger partial charge in [0.25, 0.3) is 0 Å². The van der Waals surface area contributed by atoms with Gasteiger partial charge in [-0.05, 0) is 49.6 Å². The first-order valence-electron chi connectivity index (χ1n) is 10.4. The number of rotatable bonds is 11. The number of anilines is 1. The van der Waals surface area contributed by atoms with Gasteiger partial charge < -0.3 is 20.5 Å². The SMILES string of the molecule is CCC(Nc1cncc(-c2ccc(OCCCCN)c(OC)c2)n1)c1ccccc1. The van der Waals surface area contributed by atoms with Crippen molar-refractivity contribution in [2.24, 2.45) is 5.73 Å². The molecule has 3 rings (SSSR count). The van der Waals surface area contributed by atoms with E-state index in [-0.39, 0.29) is 6.04 Å². The van der Waals surface area contributed by atoms with Crippen molar-refractivity contribution in [2.45, 2.75) is 32.2 Å². The molecular formula is C24H30N4O2. The van der Waals surface area contributed by atoms with E-state index in [1.165, 1.54) is 5.56 Å². The molecule has 1 aromatic heterocycles. The van der Waals surface area contributed by atoms with E-state index in [4.69, 9.17) is 20.2 Å². The molecule has 0 aliphatic rings. The van der Waals surface area contributed by atoms with Crippen LogP contribution < -0.4 is 20.5 Å². The minimum absolute atomic E-state index is 0.176. The quantitative estimate of drug-likeness (QED) is 0.444. The van der Waals surface area contributed by atoms with Gasteiger partial charge in [0.05, 0.1) is 37.8 Å². The molecule has 2 aromatic carbocycles. The third kappa shape index (κ3) is 5.70. The summed E-state index contributed by atoms with van der Waals surface area (Å²) in [5.74, 6) is 2.14. The van der Waals surface area contributed by atoms with E-state index in [0.29, 0.717) is 18.9 Å². The molecule has 0 fully saturated rings. The monoisotopic (exact) mass is 406 g/mol. The van der Waals surface area contributed by atoms with Crippen molar-refractivity contribution in [3.63, 3.8) is 0 Å². The van der Waals surface area contributed by atoms with Gasteiger partial charge >= 0.3 is 0 Å². The molecule has 0 aliphatic heterocycles. The van der Waals surface area contributed by atoms with Crippen molar-refractivity contribution in [3.8, 4) is 22.8 Å². The van der Waals surface area contributed by atoms with Crippen LogP contribution in [-0.4, -0.2) is 30.2 Å². The highest BCUT2D eigenvalue weighted by Crippen LogP contribution is 2.32. The van der Waals surface area contributed by atoms with E-state index in [2.05, 4.69) is 29.4 Å². The van der Waals surface area contributed by atoms with Gasteiger partial charge in [-0.2, -0.15) is 0 Å². The predicted molar refractivity (Wildman–Crippen MR) is 121 cm³/mol. The number of nitrogens with zero attached hydrogens (tertiary/aromatic N) is 2. The molecule has 158 valence electrons. The van der Waals surface area contributed by atoms with E-state index in [1.54, 1.807) is 19.5 Å². The van der Waals surface area contributed by atoms with Gasteiger partial charge in [-0.15, -0.1) is 0 Å². The summed E-state index contributed by atoms with van der Waals surface area (Å²) in [5, 5.41) is 3.50. The lowest BCUT2D eigenvalue weighted by molar-refractivity contribution is 0.287. The number of aromatic nitrogens is 2. The fourth-order valence-electron chi connectivity index (χ4n) is 3.23. The Morgan fingerprint density at radius 1 is 1.03 bits per heavy atom. The fraction of sp³-hybridized carbons (Fsp3) is 0.333. The molecule has 6 nitrogen and oxygen atoms in total. The van der Waals surface area contributed by atoms with Crippen molar-refractivity contribution in [3.05, 3.63) is 66.5 Å². The first-order chi connectivity index (χ1) is 14.7. The summed E-state index contributed by atoms with van der Waals surface area (Å²) in [4.78, 5) is 9.15. The molecule has 6 heteroatoms. The van der Waals surface area contributed by atoms with Gasteiger partial charge in [0.2, 0.25) is 0 Å². The summed E-state index contributed by atoms with van der Waals surface area (Å²) in [6.45, 7) is 3.44. The topological polar surface area (TPSA) is 82.3 Å². The smallest absolute Gasteiger partial charge is 0.161 e. The highest BCUT2D eigenvalue weighted by molar-refractivity contribution is 5.64. The summed E-state index contributed by atoms with van der Waals surface area (Å²) in [6, 6.07) is 16.4. The zero-order valence-electron chi connectivity index (χ0n) is 17.7.